The largest absolute Gasteiger partial charge is 0.388 e. The first-order valence-electron chi connectivity index (χ1n) is 5.36. The molecule has 0 aliphatic heterocycles. The molecule has 0 saturated carbocycles. The zero-order valence-electron chi connectivity index (χ0n) is 9.25. The Morgan fingerprint density at radius 2 is 2.06 bits per heavy atom. The van der Waals surface area contributed by atoms with Gasteiger partial charge in [0.05, 0.1) is 16.1 Å². The second kappa shape index (κ2) is 7.13. The van der Waals surface area contributed by atoms with E-state index in [4.69, 9.17) is 27.9 Å². The van der Waals surface area contributed by atoms with Gasteiger partial charge in [0.15, 0.2) is 0 Å². The average Bonchev–Trinajstić information content (AvgIpc) is 2.28. The topological polar surface area (TPSA) is 29.5 Å². The summed E-state index contributed by atoms with van der Waals surface area (Å²) in [5, 5.41) is 10.9. The summed E-state index contributed by atoms with van der Waals surface area (Å²) in [5.74, 6) is 0. The molecule has 16 heavy (non-hydrogen) atoms. The summed E-state index contributed by atoms with van der Waals surface area (Å²) in [6, 6.07) is 5.19. The highest BCUT2D eigenvalue weighted by atomic mass is 35.5. The molecule has 1 aromatic carbocycles. The molecule has 0 radical (unpaired) electrons. The smallest absolute Gasteiger partial charge is 0.0791 e. The maximum absolute atomic E-state index is 9.88. The van der Waals surface area contributed by atoms with Crippen LogP contribution in [0.25, 0.3) is 0 Å². The van der Waals surface area contributed by atoms with Gasteiger partial charge in [-0.15, -0.1) is 0 Å². The van der Waals surface area contributed by atoms with Crippen molar-refractivity contribution in [3.63, 3.8) is 0 Å². The van der Waals surface area contributed by atoms with E-state index in [9.17, 15) is 5.11 Å². The molecule has 0 heterocycles. The van der Waals surface area contributed by atoms with E-state index in [0.717, 1.165) is 12.0 Å². The van der Waals surface area contributed by atoms with Gasteiger partial charge in [-0.3, -0.25) is 0 Å². The van der Waals surface area contributed by atoms with Crippen molar-refractivity contribution in [2.45, 2.75) is 25.9 Å². The van der Waals surface area contributed by atoms with Gasteiger partial charge in [-0.25, -0.2) is 0 Å². The van der Waals surface area contributed by atoms with Gasteiger partial charge in [0.2, 0.25) is 0 Å². The van der Waals surface area contributed by atoms with Gasteiger partial charge in [-0.05, 0) is 37.5 Å². The number of hydrogen-bond acceptors (Lipinski definition) is 2. The lowest BCUT2D eigenvalue weighted by Gasteiger charge is -2.11. The predicted octanol–water partition coefficient (Wildman–Crippen LogP) is 3.84. The van der Waals surface area contributed by atoms with E-state index < -0.39 is 6.10 Å². The van der Waals surface area contributed by atoms with Crippen molar-refractivity contribution >= 4 is 23.2 Å². The molecule has 1 rings (SSSR count). The van der Waals surface area contributed by atoms with Crippen LogP contribution in [-0.2, 0) is 4.74 Å². The van der Waals surface area contributed by atoms with E-state index in [1.165, 1.54) is 0 Å². The van der Waals surface area contributed by atoms with Crippen LogP contribution in [0.4, 0.5) is 0 Å². The van der Waals surface area contributed by atoms with Gasteiger partial charge < -0.3 is 9.84 Å². The quantitative estimate of drug-likeness (QED) is 0.790. The fourth-order valence-corrected chi connectivity index (χ4v) is 1.72. The molecule has 90 valence electrons. The number of ether oxygens (including phenoxy) is 1. The number of aliphatic hydroxyl groups is 1. The SMILES string of the molecule is CCOCCCC(O)c1ccc(Cl)c(Cl)c1. The number of halogens is 2. The molecule has 0 spiro atoms. The van der Waals surface area contributed by atoms with Gasteiger partial charge in [0.25, 0.3) is 0 Å². The van der Waals surface area contributed by atoms with Gasteiger partial charge in [0, 0.05) is 13.2 Å². The van der Waals surface area contributed by atoms with Crippen LogP contribution in [0.1, 0.15) is 31.4 Å². The molecule has 4 heteroatoms. The highest BCUT2D eigenvalue weighted by Gasteiger charge is 2.09. The molecule has 0 bridgehead atoms. The van der Waals surface area contributed by atoms with Crippen LogP contribution in [0, 0.1) is 0 Å². The van der Waals surface area contributed by atoms with Crippen molar-refractivity contribution in [1.29, 1.82) is 0 Å². The third kappa shape index (κ3) is 4.30. The Morgan fingerprint density at radius 3 is 2.69 bits per heavy atom. The average molecular weight is 263 g/mol. The third-order valence-corrected chi connectivity index (χ3v) is 3.04. The first kappa shape index (κ1) is 13.8. The minimum atomic E-state index is -0.504. The van der Waals surface area contributed by atoms with Gasteiger partial charge in [-0.1, -0.05) is 29.3 Å². The normalized spacial score (nSPS) is 12.8. The van der Waals surface area contributed by atoms with E-state index in [-0.39, 0.29) is 0 Å². The summed E-state index contributed by atoms with van der Waals surface area (Å²) in [7, 11) is 0. The summed E-state index contributed by atoms with van der Waals surface area (Å²) in [5.41, 5.74) is 0.797. The van der Waals surface area contributed by atoms with Crippen molar-refractivity contribution in [2.24, 2.45) is 0 Å². The summed E-state index contributed by atoms with van der Waals surface area (Å²) < 4.78 is 5.20. The maximum atomic E-state index is 9.88. The zero-order valence-corrected chi connectivity index (χ0v) is 10.8. The standard InChI is InChI=1S/C12H16Cl2O2/c1-2-16-7-3-4-12(15)9-5-6-10(13)11(14)8-9/h5-6,8,12,15H,2-4,7H2,1H3. The minimum absolute atomic E-state index is 0.475. The molecule has 0 aliphatic rings. The number of rotatable bonds is 6. The molecule has 0 fully saturated rings. The Hall–Kier alpha value is -0.280. The highest BCUT2D eigenvalue weighted by molar-refractivity contribution is 6.42. The summed E-state index contributed by atoms with van der Waals surface area (Å²) in [4.78, 5) is 0. The second-order valence-electron chi connectivity index (χ2n) is 3.53. The maximum Gasteiger partial charge on any atom is 0.0791 e. The zero-order chi connectivity index (χ0) is 12.0. The second-order valence-corrected chi connectivity index (χ2v) is 4.34. The molecular weight excluding hydrogens is 247 g/mol. The molecule has 0 aliphatic carbocycles. The first-order chi connectivity index (χ1) is 7.65. The molecule has 1 atom stereocenters. The van der Waals surface area contributed by atoms with Crippen LogP contribution >= 0.6 is 23.2 Å². The van der Waals surface area contributed by atoms with Gasteiger partial charge >= 0.3 is 0 Å². The number of benzene rings is 1. The van der Waals surface area contributed by atoms with Crippen LogP contribution < -0.4 is 0 Å². The van der Waals surface area contributed by atoms with Crippen molar-refractivity contribution in [3.05, 3.63) is 33.8 Å². The van der Waals surface area contributed by atoms with Crippen molar-refractivity contribution in [3.8, 4) is 0 Å². The predicted molar refractivity (Wildman–Crippen MR) is 67.1 cm³/mol. The van der Waals surface area contributed by atoms with Crippen LogP contribution in [-0.4, -0.2) is 18.3 Å². The van der Waals surface area contributed by atoms with Crippen LogP contribution in [0.2, 0.25) is 10.0 Å². The third-order valence-electron chi connectivity index (χ3n) is 2.30. The molecule has 0 amide bonds. The highest BCUT2D eigenvalue weighted by Crippen LogP contribution is 2.27. The van der Waals surface area contributed by atoms with Crippen molar-refractivity contribution in [1.82, 2.24) is 0 Å². The molecule has 0 aromatic heterocycles. The Labute approximate surface area is 106 Å². The van der Waals surface area contributed by atoms with E-state index >= 15 is 0 Å². The van der Waals surface area contributed by atoms with Crippen molar-refractivity contribution in [2.75, 3.05) is 13.2 Å². The Balaban J connectivity index is 2.46. The van der Waals surface area contributed by atoms with E-state index in [2.05, 4.69) is 0 Å². The molecule has 1 unspecified atom stereocenters. The van der Waals surface area contributed by atoms with E-state index in [0.29, 0.717) is 29.7 Å². The lowest BCUT2D eigenvalue weighted by atomic mass is 10.1. The lowest BCUT2D eigenvalue weighted by molar-refractivity contribution is 0.114. The van der Waals surface area contributed by atoms with Crippen LogP contribution in [0.3, 0.4) is 0 Å². The lowest BCUT2D eigenvalue weighted by Crippen LogP contribution is -2.01. The Bertz CT molecular complexity index is 329. The molecule has 1 aromatic rings. The fourth-order valence-electron chi connectivity index (χ4n) is 1.41. The number of hydrogen-bond donors (Lipinski definition) is 1. The summed E-state index contributed by atoms with van der Waals surface area (Å²) in [6.45, 7) is 3.34. The van der Waals surface area contributed by atoms with Crippen LogP contribution in [0.5, 0.6) is 0 Å². The van der Waals surface area contributed by atoms with E-state index in [1.54, 1.807) is 18.2 Å². The molecule has 1 N–H and O–H groups in total. The fraction of sp³-hybridized carbons (Fsp3) is 0.500. The molecular formula is C12H16Cl2O2. The minimum Gasteiger partial charge on any atom is -0.388 e. The van der Waals surface area contributed by atoms with Crippen molar-refractivity contribution < 1.29 is 9.84 Å². The van der Waals surface area contributed by atoms with Crippen LogP contribution in [0.15, 0.2) is 18.2 Å². The monoisotopic (exact) mass is 262 g/mol. The first-order valence-corrected chi connectivity index (χ1v) is 6.11. The summed E-state index contributed by atoms with van der Waals surface area (Å²) >= 11 is 11.7. The molecule has 0 saturated heterocycles. The van der Waals surface area contributed by atoms with E-state index in [1.807, 2.05) is 6.92 Å². The summed E-state index contributed by atoms with van der Waals surface area (Å²) in [6.07, 6.45) is 0.989. The number of aliphatic hydroxyl groups excluding tert-OH is 1. The Morgan fingerprint density at radius 1 is 1.31 bits per heavy atom. The molecule has 2 nitrogen and oxygen atoms in total. The van der Waals surface area contributed by atoms with Gasteiger partial charge in [-0.2, -0.15) is 0 Å². The Kier molecular flexibility index (Phi) is 6.14. The van der Waals surface area contributed by atoms with Gasteiger partial charge in [0.1, 0.15) is 0 Å².